The van der Waals surface area contributed by atoms with Crippen molar-refractivity contribution in [2.75, 3.05) is 20.4 Å². The second-order valence-corrected chi connectivity index (χ2v) is 1.79. The summed E-state index contributed by atoms with van der Waals surface area (Å²) in [7, 11) is 1.53. The summed E-state index contributed by atoms with van der Waals surface area (Å²) in [5.74, 6) is -1.02. The molecule has 0 radical (unpaired) electrons. The minimum Gasteiger partial charge on any atom is -0.378 e. The van der Waals surface area contributed by atoms with Crippen LogP contribution in [0.1, 0.15) is 0 Å². The Morgan fingerprint density at radius 1 is 1.89 bits per heavy atom. The molecular formula is C4H9N3O2. The zero-order valence-corrected chi connectivity index (χ0v) is 5.20. The van der Waals surface area contributed by atoms with Gasteiger partial charge >= 0.3 is 0 Å². The van der Waals surface area contributed by atoms with Gasteiger partial charge in [0.25, 0.3) is 5.85 Å². The van der Waals surface area contributed by atoms with Gasteiger partial charge in [0.1, 0.15) is 6.61 Å². The number of azo groups is 1. The number of nitrogens with two attached hydrogens (primary N) is 1. The summed E-state index contributed by atoms with van der Waals surface area (Å²) in [6, 6.07) is 0. The number of ether oxygens (including phenoxy) is 2. The molecule has 9 heavy (non-hydrogen) atoms. The van der Waals surface area contributed by atoms with E-state index in [9.17, 15) is 0 Å². The summed E-state index contributed by atoms with van der Waals surface area (Å²) >= 11 is 0. The summed E-state index contributed by atoms with van der Waals surface area (Å²) in [6.07, 6.45) is 0. The van der Waals surface area contributed by atoms with Crippen LogP contribution in [-0.2, 0) is 9.47 Å². The molecule has 0 fully saturated rings. The predicted octanol–water partition coefficient (Wildman–Crippen LogP) is -0.315. The molecule has 0 saturated carbocycles. The lowest BCUT2D eigenvalue weighted by atomic mass is 10.5. The Balaban J connectivity index is 2.42. The second kappa shape index (κ2) is 2.38. The first kappa shape index (κ1) is 6.60. The van der Waals surface area contributed by atoms with Crippen molar-refractivity contribution in [3.05, 3.63) is 0 Å². The van der Waals surface area contributed by atoms with Crippen molar-refractivity contribution in [1.82, 2.24) is 0 Å². The molecule has 0 saturated heterocycles. The van der Waals surface area contributed by atoms with Crippen LogP contribution in [0.4, 0.5) is 0 Å². The molecule has 0 aromatic rings. The Hall–Kier alpha value is -0.520. The molecule has 0 aliphatic carbocycles. The van der Waals surface area contributed by atoms with Gasteiger partial charge in [-0.15, -0.1) is 5.11 Å². The molecule has 0 bridgehead atoms. The van der Waals surface area contributed by atoms with E-state index in [4.69, 9.17) is 15.2 Å². The van der Waals surface area contributed by atoms with E-state index >= 15 is 0 Å². The quantitative estimate of drug-likeness (QED) is 0.558. The molecule has 0 spiro atoms. The van der Waals surface area contributed by atoms with Crippen LogP contribution in [0.5, 0.6) is 0 Å². The highest BCUT2D eigenvalue weighted by Gasteiger charge is 2.28. The minimum atomic E-state index is -1.02. The molecule has 1 aliphatic rings. The molecule has 1 atom stereocenters. The summed E-state index contributed by atoms with van der Waals surface area (Å²) in [5, 5.41) is 7.17. The Bertz CT molecular complexity index is 127. The summed E-state index contributed by atoms with van der Waals surface area (Å²) in [6.45, 7) is 0.482. The first-order chi connectivity index (χ1) is 4.27. The van der Waals surface area contributed by atoms with Crippen molar-refractivity contribution in [3.63, 3.8) is 0 Å². The highest BCUT2D eigenvalue weighted by molar-refractivity contribution is 4.69. The third kappa shape index (κ3) is 1.44. The largest absolute Gasteiger partial charge is 0.378 e. The smallest absolute Gasteiger partial charge is 0.258 e. The van der Waals surface area contributed by atoms with E-state index in [0.29, 0.717) is 0 Å². The number of methoxy groups -OCH3 is 1. The first-order valence-electron chi connectivity index (χ1n) is 2.57. The first-order valence-corrected chi connectivity index (χ1v) is 2.57. The van der Waals surface area contributed by atoms with Crippen LogP contribution in [-0.4, -0.2) is 26.3 Å². The molecule has 0 amide bonds. The van der Waals surface area contributed by atoms with E-state index in [1.807, 2.05) is 0 Å². The molecule has 2 N–H and O–H groups in total. The van der Waals surface area contributed by atoms with Crippen LogP contribution in [0.25, 0.3) is 0 Å². The van der Waals surface area contributed by atoms with Gasteiger partial charge in [-0.1, -0.05) is 0 Å². The summed E-state index contributed by atoms with van der Waals surface area (Å²) in [5.41, 5.74) is 5.46. The minimum absolute atomic E-state index is 0.236. The molecule has 1 unspecified atom stereocenters. The molecule has 52 valence electrons. The van der Waals surface area contributed by atoms with E-state index in [2.05, 4.69) is 10.2 Å². The third-order valence-electron chi connectivity index (χ3n) is 0.963. The highest BCUT2D eigenvalue weighted by Crippen LogP contribution is 2.12. The lowest BCUT2D eigenvalue weighted by Crippen LogP contribution is -2.42. The Morgan fingerprint density at radius 3 is 3.11 bits per heavy atom. The maximum Gasteiger partial charge on any atom is 0.258 e. The molecule has 1 rings (SSSR count). The van der Waals surface area contributed by atoms with Gasteiger partial charge in [0.2, 0.25) is 0 Å². The van der Waals surface area contributed by atoms with Gasteiger partial charge in [0.15, 0.2) is 6.73 Å². The fraction of sp³-hybridized carbons (Fsp3) is 1.00. The van der Waals surface area contributed by atoms with E-state index in [-0.39, 0.29) is 13.3 Å². The molecule has 5 heteroatoms. The SMILES string of the molecule is COCC1(N)N=NCO1. The molecular weight excluding hydrogens is 122 g/mol. The van der Waals surface area contributed by atoms with E-state index in [0.717, 1.165) is 0 Å². The topological polar surface area (TPSA) is 69.2 Å². The number of nitrogens with zero attached hydrogens (tertiary/aromatic N) is 2. The van der Waals surface area contributed by atoms with Gasteiger partial charge in [-0.25, -0.2) is 0 Å². The number of rotatable bonds is 2. The van der Waals surface area contributed by atoms with E-state index < -0.39 is 5.85 Å². The lowest BCUT2D eigenvalue weighted by Gasteiger charge is -2.15. The zero-order chi connectivity index (χ0) is 6.74. The zero-order valence-electron chi connectivity index (χ0n) is 5.20. The van der Waals surface area contributed by atoms with Crippen LogP contribution < -0.4 is 5.73 Å². The monoisotopic (exact) mass is 131 g/mol. The van der Waals surface area contributed by atoms with Gasteiger partial charge in [-0.2, -0.15) is 5.11 Å². The number of hydrogen-bond donors (Lipinski definition) is 1. The molecule has 0 aromatic heterocycles. The van der Waals surface area contributed by atoms with Crippen molar-refractivity contribution in [1.29, 1.82) is 0 Å². The van der Waals surface area contributed by atoms with Gasteiger partial charge in [-0.3, -0.25) is 5.73 Å². The van der Waals surface area contributed by atoms with Crippen LogP contribution >= 0.6 is 0 Å². The van der Waals surface area contributed by atoms with Gasteiger partial charge in [-0.05, 0) is 0 Å². The second-order valence-electron chi connectivity index (χ2n) is 1.79. The molecule has 0 aromatic carbocycles. The summed E-state index contributed by atoms with van der Waals surface area (Å²) < 4.78 is 9.63. The highest BCUT2D eigenvalue weighted by atomic mass is 16.6. The predicted molar refractivity (Wildman–Crippen MR) is 29.6 cm³/mol. The van der Waals surface area contributed by atoms with Gasteiger partial charge < -0.3 is 9.47 Å². The van der Waals surface area contributed by atoms with Crippen LogP contribution in [0.3, 0.4) is 0 Å². The van der Waals surface area contributed by atoms with Gasteiger partial charge in [0.05, 0.1) is 0 Å². The van der Waals surface area contributed by atoms with Crippen molar-refractivity contribution in [2.24, 2.45) is 16.0 Å². The maximum atomic E-state index is 5.46. The van der Waals surface area contributed by atoms with Crippen LogP contribution in [0, 0.1) is 0 Å². The van der Waals surface area contributed by atoms with E-state index in [1.165, 1.54) is 7.11 Å². The number of hydrogen-bond acceptors (Lipinski definition) is 5. The fourth-order valence-corrected chi connectivity index (χ4v) is 0.595. The Morgan fingerprint density at radius 2 is 2.67 bits per heavy atom. The summed E-state index contributed by atoms with van der Waals surface area (Å²) in [4.78, 5) is 0. The Kier molecular flexibility index (Phi) is 1.75. The fourth-order valence-electron chi connectivity index (χ4n) is 0.595. The van der Waals surface area contributed by atoms with Crippen LogP contribution in [0.15, 0.2) is 10.2 Å². The average molecular weight is 131 g/mol. The van der Waals surface area contributed by atoms with Crippen molar-refractivity contribution >= 4 is 0 Å². The van der Waals surface area contributed by atoms with Crippen LogP contribution in [0.2, 0.25) is 0 Å². The Labute approximate surface area is 52.8 Å². The van der Waals surface area contributed by atoms with Crippen molar-refractivity contribution in [2.45, 2.75) is 5.85 Å². The normalized spacial score (nSPS) is 33.6. The lowest BCUT2D eigenvalue weighted by molar-refractivity contribution is -0.0524. The third-order valence-corrected chi connectivity index (χ3v) is 0.963. The molecule has 1 aliphatic heterocycles. The van der Waals surface area contributed by atoms with Crippen molar-refractivity contribution in [3.8, 4) is 0 Å². The van der Waals surface area contributed by atoms with Gasteiger partial charge in [0, 0.05) is 7.11 Å². The maximum absolute atomic E-state index is 5.46. The van der Waals surface area contributed by atoms with E-state index in [1.54, 1.807) is 0 Å². The standard InChI is InChI=1S/C4H9N3O2/c1-8-2-4(5)7-6-3-9-4/h2-3,5H2,1H3. The molecule has 1 heterocycles. The van der Waals surface area contributed by atoms with Crippen molar-refractivity contribution < 1.29 is 9.47 Å². The average Bonchev–Trinajstić information content (AvgIpc) is 2.16. The molecule has 5 nitrogen and oxygen atoms in total.